The molecule has 16 heavy (non-hydrogen) atoms. The highest BCUT2D eigenvalue weighted by molar-refractivity contribution is 9.10. The second-order valence-corrected chi connectivity index (χ2v) is 6.28. The number of nitrogens with zero attached hydrogens (tertiary/aromatic N) is 3. The third kappa shape index (κ3) is 1.64. The van der Waals surface area contributed by atoms with E-state index in [1.54, 1.807) is 12.1 Å². The van der Waals surface area contributed by atoms with Crippen LogP contribution in [0.25, 0.3) is 10.9 Å². The Kier molecular flexibility index (Phi) is 2.77. The molecule has 0 N–H and O–H groups in total. The Morgan fingerprint density at radius 1 is 1.38 bits per heavy atom. The molecule has 0 saturated carbocycles. The minimum atomic E-state index is -3.56. The van der Waals surface area contributed by atoms with Crippen LogP contribution in [0.3, 0.4) is 0 Å². The summed E-state index contributed by atoms with van der Waals surface area (Å²) in [4.78, 5) is 0. The largest absolute Gasteiger partial charge is 0.322 e. The van der Waals surface area contributed by atoms with Gasteiger partial charge in [-0.25, -0.2) is 0 Å². The van der Waals surface area contributed by atoms with Crippen LogP contribution in [-0.2, 0) is 10.2 Å². The number of fused-ring (bicyclic) bond motifs is 1. The summed E-state index contributed by atoms with van der Waals surface area (Å²) >= 11 is 3.35. The van der Waals surface area contributed by atoms with Crippen LogP contribution >= 0.6 is 15.9 Å². The minimum Gasteiger partial charge on any atom is -0.189 e. The van der Waals surface area contributed by atoms with E-state index >= 15 is 0 Å². The second-order valence-electron chi connectivity index (χ2n) is 3.45. The number of rotatable bonds is 2. The van der Waals surface area contributed by atoms with E-state index in [1.807, 2.05) is 6.07 Å². The van der Waals surface area contributed by atoms with Crippen LogP contribution in [0.5, 0.6) is 0 Å². The van der Waals surface area contributed by atoms with E-state index in [-0.39, 0.29) is 0 Å². The first kappa shape index (κ1) is 11.6. The molecule has 1 aromatic carbocycles. The van der Waals surface area contributed by atoms with Gasteiger partial charge in [-0.1, -0.05) is 22.0 Å². The van der Waals surface area contributed by atoms with Gasteiger partial charge in [0.1, 0.15) is 0 Å². The Morgan fingerprint density at radius 3 is 2.69 bits per heavy atom. The molecule has 0 unspecified atom stereocenters. The van der Waals surface area contributed by atoms with Gasteiger partial charge in [0.2, 0.25) is 0 Å². The van der Waals surface area contributed by atoms with Crippen LogP contribution in [0.2, 0.25) is 0 Å². The van der Waals surface area contributed by atoms with E-state index in [1.165, 1.54) is 20.3 Å². The van der Waals surface area contributed by atoms with E-state index in [2.05, 4.69) is 21.0 Å². The summed E-state index contributed by atoms with van der Waals surface area (Å²) in [5.74, 6) is 0. The predicted molar refractivity (Wildman–Crippen MR) is 65.4 cm³/mol. The summed E-state index contributed by atoms with van der Waals surface area (Å²) in [6, 6.07) is 5.33. The summed E-state index contributed by atoms with van der Waals surface area (Å²) in [7, 11) is -0.613. The van der Waals surface area contributed by atoms with Crippen LogP contribution in [0.4, 0.5) is 0 Å². The van der Waals surface area contributed by atoms with Gasteiger partial charge in [-0.05, 0) is 12.1 Å². The molecule has 0 saturated heterocycles. The molecule has 1 aromatic heterocycles. The van der Waals surface area contributed by atoms with Crippen molar-refractivity contribution in [1.82, 2.24) is 13.5 Å². The van der Waals surface area contributed by atoms with Crippen LogP contribution in [0.15, 0.2) is 28.9 Å². The van der Waals surface area contributed by atoms with Gasteiger partial charge < -0.3 is 0 Å². The van der Waals surface area contributed by atoms with Gasteiger partial charge >= 0.3 is 10.2 Å². The summed E-state index contributed by atoms with van der Waals surface area (Å²) in [6.45, 7) is 0. The summed E-state index contributed by atoms with van der Waals surface area (Å²) in [5.41, 5.74) is 0.558. The van der Waals surface area contributed by atoms with E-state index in [0.29, 0.717) is 5.52 Å². The number of hydrogen-bond acceptors (Lipinski definition) is 3. The molecule has 0 fully saturated rings. The van der Waals surface area contributed by atoms with Gasteiger partial charge in [0.15, 0.2) is 0 Å². The highest BCUT2D eigenvalue weighted by Gasteiger charge is 2.20. The first-order valence-corrected chi connectivity index (χ1v) is 6.69. The zero-order valence-electron chi connectivity index (χ0n) is 8.75. The van der Waals surface area contributed by atoms with Crippen molar-refractivity contribution in [3.05, 3.63) is 28.9 Å². The van der Waals surface area contributed by atoms with Crippen LogP contribution < -0.4 is 0 Å². The molecule has 0 aliphatic carbocycles. The van der Waals surface area contributed by atoms with E-state index in [4.69, 9.17) is 0 Å². The molecule has 0 bridgehead atoms. The van der Waals surface area contributed by atoms with Gasteiger partial charge in [0, 0.05) is 24.0 Å². The molecule has 2 rings (SSSR count). The molecule has 1 heterocycles. The SMILES string of the molecule is CN(C)S(=O)(=O)n1ncc2c(Br)cccc21. The van der Waals surface area contributed by atoms with Crippen molar-refractivity contribution >= 4 is 37.0 Å². The summed E-state index contributed by atoms with van der Waals surface area (Å²) in [6.07, 6.45) is 1.53. The number of halogens is 1. The zero-order chi connectivity index (χ0) is 11.9. The lowest BCUT2D eigenvalue weighted by Crippen LogP contribution is -2.29. The maximum absolute atomic E-state index is 11.9. The number of benzene rings is 1. The third-order valence-corrected chi connectivity index (χ3v) is 4.55. The van der Waals surface area contributed by atoms with Crippen molar-refractivity contribution in [3.8, 4) is 0 Å². The Balaban J connectivity index is 2.78. The maximum Gasteiger partial charge on any atom is 0.322 e. The van der Waals surface area contributed by atoms with Crippen LogP contribution in [0.1, 0.15) is 0 Å². The molecule has 0 aliphatic rings. The van der Waals surface area contributed by atoms with E-state index in [9.17, 15) is 8.42 Å². The van der Waals surface area contributed by atoms with Gasteiger partial charge in [-0.15, -0.1) is 4.09 Å². The molecule has 0 spiro atoms. The monoisotopic (exact) mass is 303 g/mol. The number of hydrogen-bond donors (Lipinski definition) is 0. The third-order valence-electron chi connectivity index (χ3n) is 2.21. The quantitative estimate of drug-likeness (QED) is 0.844. The number of aromatic nitrogens is 2. The predicted octanol–water partition coefficient (Wildman–Crippen LogP) is 1.45. The molecule has 0 radical (unpaired) electrons. The highest BCUT2D eigenvalue weighted by Crippen LogP contribution is 2.24. The van der Waals surface area contributed by atoms with Crippen molar-refractivity contribution in [2.24, 2.45) is 0 Å². The normalized spacial score (nSPS) is 12.5. The fraction of sp³-hybridized carbons (Fsp3) is 0.222. The Labute approximate surface area is 102 Å². The van der Waals surface area contributed by atoms with Gasteiger partial charge in [0.25, 0.3) is 0 Å². The minimum absolute atomic E-state index is 0.558. The topological polar surface area (TPSA) is 55.2 Å². The molecule has 7 heteroatoms. The molecule has 0 amide bonds. The molecular formula is C9H10BrN3O2S. The molecule has 0 atom stereocenters. The van der Waals surface area contributed by atoms with Crippen molar-refractivity contribution in [3.63, 3.8) is 0 Å². The second kappa shape index (κ2) is 3.83. The smallest absolute Gasteiger partial charge is 0.189 e. The highest BCUT2D eigenvalue weighted by atomic mass is 79.9. The lowest BCUT2D eigenvalue weighted by molar-refractivity contribution is 0.506. The fourth-order valence-electron chi connectivity index (χ4n) is 1.33. The fourth-order valence-corrected chi connectivity index (χ4v) is 2.67. The molecular weight excluding hydrogens is 294 g/mol. The lowest BCUT2D eigenvalue weighted by atomic mass is 10.3. The van der Waals surface area contributed by atoms with E-state index in [0.717, 1.165) is 18.3 Å². The molecule has 5 nitrogen and oxygen atoms in total. The van der Waals surface area contributed by atoms with Gasteiger partial charge in [-0.2, -0.15) is 17.8 Å². The van der Waals surface area contributed by atoms with Crippen molar-refractivity contribution < 1.29 is 8.42 Å². The molecule has 2 aromatic rings. The van der Waals surface area contributed by atoms with Crippen LogP contribution in [0, 0.1) is 0 Å². The van der Waals surface area contributed by atoms with Crippen molar-refractivity contribution in [2.45, 2.75) is 0 Å². The first-order chi connectivity index (χ1) is 7.44. The van der Waals surface area contributed by atoms with Crippen molar-refractivity contribution in [2.75, 3.05) is 14.1 Å². The standard InChI is InChI=1S/C9H10BrN3O2S/c1-12(2)16(14,15)13-9-5-3-4-8(10)7(9)6-11-13/h3-6H,1-2H3. The van der Waals surface area contributed by atoms with Gasteiger partial charge in [-0.3, -0.25) is 0 Å². The van der Waals surface area contributed by atoms with Crippen molar-refractivity contribution in [1.29, 1.82) is 0 Å². The first-order valence-electron chi connectivity index (χ1n) is 4.50. The van der Waals surface area contributed by atoms with Crippen LogP contribution in [-0.4, -0.2) is 36.0 Å². The Morgan fingerprint density at radius 2 is 2.06 bits per heavy atom. The zero-order valence-corrected chi connectivity index (χ0v) is 11.2. The Hall–Kier alpha value is -0.920. The molecule has 86 valence electrons. The summed E-state index contributed by atoms with van der Waals surface area (Å²) < 4.78 is 26.8. The van der Waals surface area contributed by atoms with E-state index < -0.39 is 10.2 Å². The van der Waals surface area contributed by atoms with Gasteiger partial charge in [0.05, 0.1) is 11.7 Å². The Bertz CT molecular complexity index is 633. The summed E-state index contributed by atoms with van der Waals surface area (Å²) in [5, 5.41) is 4.68. The average molecular weight is 304 g/mol. The average Bonchev–Trinajstić information content (AvgIpc) is 2.63. The molecule has 0 aliphatic heterocycles. The maximum atomic E-state index is 11.9. The lowest BCUT2D eigenvalue weighted by Gasteiger charge is -2.11.